The molecule has 0 bridgehead atoms. The van der Waals surface area contributed by atoms with Crippen LogP contribution in [0.15, 0.2) is 42.5 Å². The quantitative estimate of drug-likeness (QED) is 0.886. The third-order valence-electron chi connectivity index (χ3n) is 3.52. The molecule has 0 aliphatic carbocycles. The molecule has 2 aromatic carbocycles. The highest BCUT2D eigenvalue weighted by atomic mass is 35.5. The normalized spacial score (nSPS) is 15.6. The van der Waals surface area contributed by atoms with Crippen LogP contribution in [0.1, 0.15) is 25.0 Å². The van der Waals surface area contributed by atoms with Crippen molar-refractivity contribution in [3.8, 4) is 5.75 Å². The molecule has 0 aromatic heterocycles. The summed E-state index contributed by atoms with van der Waals surface area (Å²) in [7, 11) is 0. The lowest BCUT2D eigenvalue weighted by atomic mass is 10.0. The Morgan fingerprint density at radius 2 is 1.95 bits per heavy atom. The van der Waals surface area contributed by atoms with Crippen LogP contribution in [0.3, 0.4) is 0 Å². The summed E-state index contributed by atoms with van der Waals surface area (Å²) in [5.41, 5.74) is 3.30. The van der Waals surface area contributed by atoms with E-state index in [1.54, 1.807) is 0 Å². The van der Waals surface area contributed by atoms with E-state index in [9.17, 15) is 0 Å². The third-order valence-corrected chi connectivity index (χ3v) is 3.85. The summed E-state index contributed by atoms with van der Waals surface area (Å²) in [6.45, 7) is 4.96. The molecule has 2 aromatic rings. The number of benzene rings is 2. The number of rotatable bonds is 3. The summed E-state index contributed by atoms with van der Waals surface area (Å²) in [4.78, 5) is 0. The van der Waals surface area contributed by atoms with Crippen molar-refractivity contribution in [3.05, 3.63) is 58.6 Å². The first-order valence-corrected chi connectivity index (χ1v) is 7.21. The van der Waals surface area contributed by atoms with Crippen LogP contribution in [0.5, 0.6) is 5.75 Å². The summed E-state index contributed by atoms with van der Waals surface area (Å²) < 4.78 is 6.07. The molecule has 3 rings (SSSR count). The van der Waals surface area contributed by atoms with E-state index >= 15 is 0 Å². The smallest absolute Gasteiger partial charge is 0.128 e. The number of nitrogens with one attached hydrogen (secondary N) is 1. The number of hydrogen-bond donors (Lipinski definition) is 1. The van der Waals surface area contributed by atoms with Crippen LogP contribution in [-0.4, -0.2) is 5.60 Å². The maximum Gasteiger partial charge on any atom is 0.128 e. The van der Waals surface area contributed by atoms with Crippen LogP contribution in [0.2, 0.25) is 5.02 Å². The maximum atomic E-state index is 6.16. The van der Waals surface area contributed by atoms with Gasteiger partial charge in [-0.3, -0.25) is 0 Å². The first kappa shape index (κ1) is 13.3. The van der Waals surface area contributed by atoms with Crippen molar-refractivity contribution < 1.29 is 4.74 Å². The van der Waals surface area contributed by atoms with Gasteiger partial charge in [0.05, 0.1) is 10.7 Å². The van der Waals surface area contributed by atoms with Gasteiger partial charge in [-0.2, -0.15) is 0 Å². The lowest BCUT2D eigenvalue weighted by Crippen LogP contribution is -2.25. The minimum absolute atomic E-state index is 0.108. The van der Waals surface area contributed by atoms with Crippen molar-refractivity contribution in [2.45, 2.75) is 32.4 Å². The van der Waals surface area contributed by atoms with E-state index in [4.69, 9.17) is 16.3 Å². The minimum atomic E-state index is -0.108. The standard InChI is InChI=1S/C17H18ClNO/c1-17(2)10-12-6-5-7-13(16(12)20-17)11-19-15-9-4-3-8-14(15)18/h3-9,19H,10-11H2,1-2H3. The zero-order valence-corrected chi connectivity index (χ0v) is 12.5. The molecule has 0 radical (unpaired) electrons. The Labute approximate surface area is 124 Å². The zero-order chi connectivity index (χ0) is 14.2. The molecule has 104 valence electrons. The number of ether oxygens (including phenoxy) is 1. The largest absolute Gasteiger partial charge is 0.487 e. The van der Waals surface area contributed by atoms with E-state index in [1.807, 2.05) is 24.3 Å². The second-order valence-electron chi connectivity index (χ2n) is 5.78. The molecule has 0 unspecified atom stereocenters. The van der Waals surface area contributed by atoms with E-state index < -0.39 is 0 Å². The van der Waals surface area contributed by atoms with Gasteiger partial charge in [-0.15, -0.1) is 0 Å². The minimum Gasteiger partial charge on any atom is -0.487 e. The van der Waals surface area contributed by atoms with E-state index in [-0.39, 0.29) is 5.60 Å². The number of hydrogen-bond acceptors (Lipinski definition) is 2. The predicted molar refractivity (Wildman–Crippen MR) is 83.6 cm³/mol. The molecule has 1 aliphatic rings. The number of fused-ring (bicyclic) bond motifs is 1. The van der Waals surface area contributed by atoms with Crippen molar-refractivity contribution in [1.82, 2.24) is 0 Å². The Kier molecular flexibility index (Phi) is 3.35. The Morgan fingerprint density at radius 1 is 1.15 bits per heavy atom. The van der Waals surface area contributed by atoms with E-state index in [0.717, 1.165) is 22.9 Å². The monoisotopic (exact) mass is 287 g/mol. The fraction of sp³-hybridized carbons (Fsp3) is 0.294. The lowest BCUT2D eigenvalue weighted by Gasteiger charge is -2.18. The highest BCUT2D eigenvalue weighted by molar-refractivity contribution is 6.33. The summed E-state index contributed by atoms with van der Waals surface area (Å²) in [6.07, 6.45) is 0.961. The van der Waals surface area contributed by atoms with Crippen molar-refractivity contribution >= 4 is 17.3 Å². The topological polar surface area (TPSA) is 21.3 Å². The molecule has 0 saturated heterocycles. The lowest BCUT2D eigenvalue weighted by molar-refractivity contribution is 0.137. The second-order valence-corrected chi connectivity index (χ2v) is 6.18. The fourth-order valence-corrected chi connectivity index (χ4v) is 2.82. The molecule has 1 N–H and O–H groups in total. The van der Waals surface area contributed by atoms with Crippen LogP contribution in [0.25, 0.3) is 0 Å². The predicted octanol–water partition coefficient (Wildman–Crippen LogP) is 4.67. The number of para-hydroxylation sites is 2. The zero-order valence-electron chi connectivity index (χ0n) is 11.7. The first-order chi connectivity index (χ1) is 9.55. The average Bonchev–Trinajstić information content (AvgIpc) is 2.72. The Balaban J connectivity index is 1.80. The van der Waals surface area contributed by atoms with Gasteiger partial charge >= 0.3 is 0 Å². The molecular formula is C17H18ClNO. The van der Waals surface area contributed by atoms with Gasteiger partial charge in [0.1, 0.15) is 11.4 Å². The molecule has 0 spiro atoms. The summed E-state index contributed by atoms with van der Waals surface area (Å²) in [6, 6.07) is 14.1. The molecule has 20 heavy (non-hydrogen) atoms. The Hall–Kier alpha value is -1.67. The van der Waals surface area contributed by atoms with Crippen molar-refractivity contribution in [3.63, 3.8) is 0 Å². The van der Waals surface area contributed by atoms with Crippen LogP contribution in [0, 0.1) is 0 Å². The molecule has 1 aliphatic heterocycles. The highest BCUT2D eigenvalue weighted by Crippen LogP contribution is 2.37. The van der Waals surface area contributed by atoms with Crippen LogP contribution in [0.4, 0.5) is 5.69 Å². The van der Waals surface area contributed by atoms with E-state index in [2.05, 4.69) is 37.4 Å². The van der Waals surface area contributed by atoms with Gasteiger partial charge in [0.15, 0.2) is 0 Å². The summed E-state index contributed by atoms with van der Waals surface area (Å²) >= 11 is 6.16. The van der Waals surface area contributed by atoms with E-state index in [1.165, 1.54) is 11.1 Å². The molecule has 3 heteroatoms. The molecule has 0 amide bonds. The van der Waals surface area contributed by atoms with E-state index in [0.29, 0.717) is 6.54 Å². The fourth-order valence-electron chi connectivity index (χ4n) is 2.61. The molecule has 2 nitrogen and oxygen atoms in total. The Morgan fingerprint density at radius 3 is 2.75 bits per heavy atom. The van der Waals surface area contributed by atoms with Crippen LogP contribution >= 0.6 is 11.6 Å². The molecule has 1 heterocycles. The molecule has 0 saturated carbocycles. The van der Waals surface area contributed by atoms with Gasteiger partial charge in [0.2, 0.25) is 0 Å². The van der Waals surface area contributed by atoms with Crippen molar-refractivity contribution in [2.24, 2.45) is 0 Å². The SMILES string of the molecule is CC1(C)Cc2cccc(CNc3ccccc3Cl)c2O1. The van der Waals surface area contributed by atoms with Crippen molar-refractivity contribution in [1.29, 1.82) is 0 Å². The summed E-state index contributed by atoms with van der Waals surface area (Å²) in [5, 5.41) is 4.11. The van der Waals surface area contributed by atoms with Gasteiger partial charge in [-0.1, -0.05) is 41.9 Å². The van der Waals surface area contributed by atoms with Gasteiger partial charge in [-0.05, 0) is 31.5 Å². The van der Waals surface area contributed by atoms with Crippen LogP contribution in [-0.2, 0) is 13.0 Å². The average molecular weight is 288 g/mol. The third kappa shape index (κ3) is 2.61. The Bertz CT molecular complexity index is 637. The van der Waals surface area contributed by atoms with Crippen LogP contribution < -0.4 is 10.1 Å². The molecular weight excluding hydrogens is 270 g/mol. The van der Waals surface area contributed by atoms with Gasteiger partial charge < -0.3 is 10.1 Å². The van der Waals surface area contributed by atoms with Gasteiger partial charge in [0.25, 0.3) is 0 Å². The van der Waals surface area contributed by atoms with Crippen molar-refractivity contribution in [2.75, 3.05) is 5.32 Å². The first-order valence-electron chi connectivity index (χ1n) is 6.83. The molecule has 0 fully saturated rings. The van der Waals surface area contributed by atoms with Gasteiger partial charge in [0, 0.05) is 18.5 Å². The second kappa shape index (κ2) is 5.02. The number of anilines is 1. The molecule has 0 atom stereocenters. The van der Waals surface area contributed by atoms with Gasteiger partial charge in [-0.25, -0.2) is 0 Å². The highest BCUT2D eigenvalue weighted by Gasteiger charge is 2.31. The summed E-state index contributed by atoms with van der Waals surface area (Å²) in [5.74, 6) is 1.03. The maximum absolute atomic E-state index is 6.16. The number of halogens is 1.